The van der Waals surface area contributed by atoms with E-state index >= 15 is 0 Å². The van der Waals surface area contributed by atoms with E-state index < -0.39 is 6.04 Å². The fourth-order valence-corrected chi connectivity index (χ4v) is 2.94. The third-order valence-electron chi connectivity index (χ3n) is 4.21. The van der Waals surface area contributed by atoms with Crippen molar-refractivity contribution in [3.63, 3.8) is 0 Å². The molecule has 1 aliphatic heterocycles. The van der Waals surface area contributed by atoms with Crippen molar-refractivity contribution < 1.29 is 13.9 Å². The topological polar surface area (TPSA) is 63.2 Å². The molecule has 0 aliphatic carbocycles. The maximum absolute atomic E-state index is 14.3. The van der Waals surface area contributed by atoms with Crippen molar-refractivity contribution in [2.75, 3.05) is 7.11 Å². The Morgan fingerprint density at radius 2 is 2.25 bits per heavy atom. The lowest BCUT2D eigenvalue weighted by Gasteiger charge is -2.33. The Morgan fingerprint density at radius 3 is 3.00 bits per heavy atom. The molecular formula is C18H20FN3O2. The van der Waals surface area contributed by atoms with E-state index in [0.29, 0.717) is 30.7 Å². The van der Waals surface area contributed by atoms with Crippen LogP contribution in [0.3, 0.4) is 0 Å². The van der Waals surface area contributed by atoms with Crippen molar-refractivity contribution in [2.45, 2.75) is 31.5 Å². The summed E-state index contributed by atoms with van der Waals surface area (Å²) >= 11 is 0. The zero-order valence-electron chi connectivity index (χ0n) is 13.5. The molecule has 1 aliphatic rings. The van der Waals surface area contributed by atoms with Crippen LogP contribution in [0.2, 0.25) is 0 Å². The van der Waals surface area contributed by atoms with Gasteiger partial charge in [0.25, 0.3) is 0 Å². The predicted octanol–water partition coefficient (Wildman–Crippen LogP) is 2.34. The number of pyridine rings is 1. The minimum atomic E-state index is -0.440. The summed E-state index contributed by atoms with van der Waals surface area (Å²) in [7, 11) is 1.53. The zero-order valence-corrected chi connectivity index (χ0v) is 13.5. The van der Waals surface area contributed by atoms with Gasteiger partial charge < -0.3 is 15.4 Å². The second-order valence-electron chi connectivity index (χ2n) is 5.78. The summed E-state index contributed by atoms with van der Waals surface area (Å²) in [6, 6.07) is 9.77. The molecule has 0 spiro atoms. The smallest absolute Gasteiger partial charge is 0.220 e. The van der Waals surface area contributed by atoms with Crippen LogP contribution < -0.4 is 15.4 Å². The lowest BCUT2D eigenvalue weighted by atomic mass is 9.91. The SMILES string of the molecule is COc1ccc(F)c([C@@H]2NC(=O)CC[C@H]2NCc2ccccn2)c1. The number of amides is 1. The lowest BCUT2D eigenvalue weighted by Crippen LogP contribution is -2.48. The lowest BCUT2D eigenvalue weighted by molar-refractivity contribution is -0.123. The van der Waals surface area contributed by atoms with Gasteiger partial charge in [0.2, 0.25) is 5.91 Å². The highest BCUT2D eigenvalue weighted by atomic mass is 19.1. The largest absolute Gasteiger partial charge is 0.497 e. The number of nitrogens with zero attached hydrogens (tertiary/aromatic N) is 1. The van der Waals surface area contributed by atoms with Gasteiger partial charge in [-0.15, -0.1) is 0 Å². The van der Waals surface area contributed by atoms with Gasteiger partial charge in [-0.05, 0) is 36.8 Å². The Morgan fingerprint density at radius 1 is 1.38 bits per heavy atom. The summed E-state index contributed by atoms with van der Waals surface area (Å²) in [4.78, 5) is 16.1. The first-order valence-electron chi connectivity index (χ1n) is 7.93. The highest BCUT2D eigenvalue weighted by molar-refractivity contribution is 5.77. The molecule has 1 saturated heterocycles. The van der Waals surface area contributed by atoms with Gasteiger partial charge in [-0.25, -0.2) is 4.39 Å². The average molecular weight is 329 g/mol. The zero-order chi connectivity index (χ0) is 16.9. The van der Waals surface area contributed by atoms with Crippen molar-refractivity contribution in [3.05, 3.63) is 59.7 Å². The fraction of sp³-hybridized carbons (Fsp3) is 0.333. The van der Waals surface area contributed by atoms with Crippen molar-refractivity contribution in [1.29, 1.82) is 0 Å². The van der Waals surface area contributed by atoms with Gasteiger partial charge in [-0.3, -0.25) is 9.78 Å². The van der Waals surface area contributed by atoms with E-state index in [4.69, 9.17) is 4.74 Å². The summed E-state index contributed by atoms with van der Waals surface area (Å²) in [6.45, 7) is 0.559. The van der Waals surface area contributed by atoms with Crippen LogP contribution in [0.15, 0.2) is 42.6 Å². The molecule has 2 atom stereocenters. The molecule has 24 heavy (non-hydrogen) atoms. The van der Waals surface area contributed by atoms with E-state index in [2.05, 4.69) is 15.6 Å². The van der Waals surface area contributed by atoms with Gasteiger partial charge in [-0.2, -0.15) is 0 Å². The molecule has 1 aromatic heterocycles. The molecule has 126 valence electrons. The Kier molecular flexibility index (Phi) is 5.05. The molecule has 1 fully saturated rings. The maximum atomic E-state index is 14.3. The number of nitrogens with one attached hydrogen (secondary N) is 2. The first-order valence-corrected chi connectivity index (χ1v) is 7.93. The number of benzene rings is 1. The second kappa shape index (κ2) is 7.40. The molecule has 0 saturated carbocycles. The van der Waals surface area contributed by atoms with E-state index in [-0.39, 0.29) is 17.8 Å². The van der Waals surface area contributed by atoms with Crippen LogP contribution in [0.4, 0.5) is 4.39 Å². The van der Waals surface area contributed by atoms with E-state index in [1.54, 1.807) is 18.3 Å². The molecule has 1 amide bonds. The predicted molar refractivity (Wildman–Crippen MR) is 87.9 cm³/mol. The normalized spacial score (nSPS) is 20.5. The number of ether oxygens (including phenoxy) is 1. The van der Waals surface area contributed by atoms with Gasteiger partial charge in [-0.1, -0.05) is 6.07 Å². The number of hydrogen-bond acceptors (Lipinski definition) is 4. The minimum absolute atomic E-state index is 0.0712. The molecular weight excluding hydrogens is 309 g/mol. The van der Waals surface area contributed by atoms with Crippen LogP contribution in [0.5, 0.6) is 5.75 Å². The van der Waals surface area contributed by atoms with Gasteiger partial charge in [0.1, 0.15) is 11.6 Å². The second-order valence-corrected chi connectivity index (χ2v) is 5.78. The Balaban J connectivity index is 1.80. The van der Waals surface area contributed by atoms with Gasteiger partial charge in [0.15, 0.2) is 0 Å². The number of hydrogen-bond donors (Lipinski definition) is 2. The van der Waals surface area contributed by atoms with Crippen LogP contribution in [-0.2, 0) is 11.3 Å². The van der Waals surface area contributed by atoms with Gasteiger partial charge in [0, 0.05) is 30.8 Å². The fourth-order valence-electron chi connectivity index (χ4n) is 2.94. The number of halogens is 1. The Hall–Kier alpha value is -2.47. The first-order chi connectivity index (χ1) is 11.7. The molecule has 0 unspecified atom stereocenters. The number of piperidine rings is 1. The number of methoxy groups -OCH3 is 1. The van der Waals surface area contributed by atoms with Gasteiger partial charge >= 0.3 is 0 Å². The van der Waals surface area contributed by atoms with E-state index in [0.717, 1.165) is 5.69 Å². The molecule has 0 radical (unpaired) electrons. The van der Waals surface area contributed by atoms with E-state index in [1.165, 1.54) is 13.2 Å². The van der Waals surface area contributed by atoms with Crippen LogP contribution in [0.25, 0.3) is 0 Å². The van der Waals surface area contributed by atoms with Gasteiger partial charge in [0.05, 0.1) is 18.8 Å². The number of rotatable bonds is 5. The molecule has 0 bridgehead atoms. The Labute approximate surface area is 140 Å². The number of carbonyl (C=O) groups excluding carboxylic acids is 1. The van der Waals surface area contributed by atoms with E-state index in [9.17, 15) is 9.18 Å². The van der Waals surface area contributed by atoms with E-state index in [1.807, 2.05) is 18.2 Å². The molecule has 2 aromatic rings. The third kappa shape index (κ3) is 3.71. The van der Waals surface area contributed by atoms with Crippen molar-refractivity contribution in [1.82, 2.24) is 15.6 Å². The van der Waals surface area contributed by atoms with Crippen LogP contribution in [0, 0.1) is 5.82 Å². The molecule has 5 nitrogen and oxygen atoms in total. The van der Waals surface area contributed by atoms with Crippen LogP contribution >= 0.6 is 0 Å². The number of aromatic nitrogens is 1. The third-order valence-corrected chi connectivity index (χ3v) is 4.21. The summed E-state index contributed by atoms with van der Waals surface area (Å²) in [6.07, 6.45) is 2.79. The molecule has 2 heterocycles. The van der Waals surface area contributed by atoms with Crippen molar-refractivity contribution >= 4 is 5.91 Å². The summed E-state index contributed by atoms with van der Waals surface area (Å²) < 4.78 is 19.5. The van der Waals surface area contributed by atoms with Crippen LogP contribution in [0.1, 0.15) is 30.1 Å². The summed E-state index contributed by atoms with van der Waals surface area (Å²) in [5, 5.41) is 6.28. The average Bonchev–Trinajstić information content (AvgIpc) is 2.62. The number of carbonyl (C=O) groups is 1. The van der Waals surface area contributed by atoms with Crippen molar-refractivity contribution in [3.8, 4) is 5.75 Å². The molecule has 3 rings (SSSR count). The molecule has 2 N–H and O–H groups in total. The van der Waals surface area contributed by atoms with Crippen LogP contribution in [-0.4, -0.2) is 24.0 Å². The summed E-state index contributed by atoms with van der Waals surface area (Å²) in [5.74, 6) is 0.139. The molecule has 6 heteroatoms. The summed E-state index contributed by atoms with van der Waals surface area (Å²) in [5.41, 5.74) is 1.33. The minimum Gasteiger partial charge on any atom is -0.497 e. The van der Waals surface area contributed by atoms with Crippen molar-refractivity contribution in [2.24, 2.45) is 0 Å². The highest BCUT2D eigenvalue weighted by Crippen LogP contribution is 2.29. The standard InChI is InChI=1S/C18H20FN3O2/c1-24-13-5-6-15(19)14(10-13)18-16(7-8-17(23)22-18)21-11-12-4-2-3-9-20-12/h2-6,9-10,16,18,21H,7-8,11H2,1H3,(H,22,23)/t16-,18+/m1/s1. The molecule has 1 aromatic carbocycles. The highest BCUT2D eigenvalue weighted by Gasteiger charge is 2.31. The maximum Gasteiger partial charge on any atom is 0.220 e. The first kappa shape index (κ1) is 16.4. The quantitative estimate of drug-likeness (QED) is 0.884. The monoisotopic (exact) mass is 329 g/mol. The Bertz CT molecular complexity index is 709.